The summed E-state index contributed by atoms with van der Waals surface area (Å²) in [5.41, 5.74) is 0.658. The van der Waals surface area contributed by atoms with Crippen LogP contribution in [-0.4, -0.2) is 41.4 Å². The van der Waals surface area contributed by atoms with Crippen molar-refractivity contribution in [2.45, 2.75) is 50.2 Å². The van der Waals surface area contributed by atoms with Crippen molar-refractivity contribution in [3.8, 4) is 23.0 Å². The topological polar surface area (TPSA) is 101 Å². The number of hydrogen-bond donors (Lipinski definition) is 0. The van der Waals surface area contributed by atoms with Crippen LogP contribution in [0.5, 0.6) is 23.0 Å². The van der Waals surface area contributed by atoms with Gasteiger partial charge in [0, 0.05) is 17.5 Å². The van der Waals surface area contributed by atoms with Crippen molar-refractivity contribution >= 4 is 21.8 Å². The van der Waals surface area contributed by atoms with E-state index in [2.05, 4.69) is 0 Å². The Morgan fingerprint density at radius 1 is 0.872 bits per heavy atom. The number of ether oxygens (including phenoxy) is 5. The summed E-state index contributed by atoms with van der Waals surface area (Å²) in [5.74, 6) is 1.67. The third-order valence-electron chi connectivity index (χ3n) is 6.29. The fourth-order valence-corrected chi connectivity index (χ4v) is 5.79. The van der Waals surface area contributed by atoms with E-state index in [0.717, 1.165) is 5.56 Å². The maximum Gasteiger partial charge on any atom is 0.429 e. The quantitative estimate of drug-likeness (QED) is 0.346. The summed E-state index contributed by atoms with van der Waals surface area (Å²) in [6.07, 6.45) is -1.46. The van der Waals surface area contributed by atoms with Gasteiger partial charge in [0.25, 0.3) is 10.0 Å². The van der Waals surface area contributed by atoms with E-state index in [1.807, 2.05) is 19.1 Å². The van der Waals surface area contributed by atoms with Crippen molar-refractivity contribution in [3.05, 3.63) is 71.8 Å². The molecule has 3 aromatic rings. The lowest BCUT2D eigenvalue weighted by atomic mass is 9.92. The van der Waals surface area contributed by atoms with Crippen molar-refractivity contribution in [2.24, 2.45) is 0 Å². The molecule has 4 rings (SSSR count). The molecular weight excluding hydrogens is 522 g/mol. The predicted octanol–water partition coefficient (Wildman–Crippen LogP) is 6.08. The summed E-state index contributed by atoms with van der Waals surface area (Å²) in [7, 11) is 0.245. The van der Waals surface area contributed by atoms with Crippen LogP contribution in [0.1, 0.15) is 50.8 Å². The Balaban J connectivity index is 1.83. The van der Waals surface area contributed by atoms with Crippen LogP contribution < -0.4 is 23.3 Å². The maximum atomic E-state index is 13.8. The number of sulfonamides is 1. The molecule has 0 spiro atoms. The Morgan fingerprint density at radius 2 is 1.51 bits per heavy atom. The molecule has 0 bridgehead atoms. The van der Waals surface area contributed by atoms with Gasteiger partial charge in [-0.15, -0.1) is 0 Å². The molecule has 2 unspecified atom stereocenters. The fraction of sp³-hybridized carbons (Fsp3) is 0.345. The van der Waals surface area contributed by atoms with Gasteiger partial charge in [-0.1, -0.05) is 31.2 Å². The zero-order chi connectivity index (χ0) is 28.5. The van der Waals surface area contributed by atoms with Gasteiger partial charge in [-0.05, 0) is 56.7 Å². The number of benzene rings is 3. The first-order valence-electron chi connectivity index (χ1n) is 12.3. The Bertz CT molecular complexity index is 1460. The number of fused-ring (bicyclic) bond motifs is 1. The van der Waals surface area contributed by atoms with Gasteiger partial charge in [0.05, 0.1) is 31.9 Å². The van der Waals surface area contributed by atoms with Gasteiger partial charge in [-0.2, -0.15) is 4.31 Å². The van der Waals surface area contributed by atoms with E-state index in [1.54, 1.807) is 65.3 Å². The van der Waals surface area contributed by atoms with Crippen LogP contribution in [0, 0.1) is 0 Å². The molecule has 10 heteroatoms. The van der Waals surface area contributed by atoms with Gasteiger partial charge in [0.15, 0.2) is 23.0 Å². The summed E-state index contributed by atoms with van der Waals surface area (Å²) < 4.78 is 56.5. The van der Waals surface area contributed by atoms with E-state index in [1.165, 1.54) is 25.3 Å². The van der Waals surface area contributed by atoms with E-state index in [-0.39, 0.29) is 22.3 Å². The van der Waals surface area contributed by atoms with Gasteiger partial charge in [-0.3, -0.25) is 0 Å². The van der Waals surface area contributed by atoms with E-state index in [0.29, 0.717) is 27.1 Å². The monoisotopic (exact) mass is 555 g/mol. The van der Waals surface area contributed by atoms with Crippen LogP contribution in [0.4, 0.5) is 10.5 Å². The Hall–Kier alpha value is -3.92. The molecule has 39 heavy (non-hydrogen) atoms. The van der Waals surface area contributed by atoms with Crippen molar-refractivity contribution in [1.82, 2.24) is 0 Å². The SMILES string of the molecule is COc1ccc(C2Oc3c(OC)cc(N(C(=O)OC(C)(C)C)S(=O)(=O)c4ccccc4)cc3C2C)cc1OC. The van der Waals surface area contributed by atoms with Crippen LogP contribution in [0.15, 0.2) is 65.6 Å². The number of methoxy groups -OCH3 is 3. The molecule has 1 heterocycles. The molecule has 0 fully saturated rings. The molecule has 2 atom stereocenters. The average Bonchev–Trinajstić information content (AvgIpc) is 3.23. The number of carbonyl (C=O) groups is 1. The standard InChI is InChI=1S/C29H33NO8S/c1-18-22-16-20(30(28(31)38-29(2,3)4)39(32,33)21-11-9-8-10-12-21)17-25(36-7)27(22)37-26(18)19-13-14-23(34-5)24(15-19)35-6/h8-18,26H,1-7H3. The predicted molar refractivity (Wildman–Crippen MR) is 147 cm³/mol. The normalized spacial score (nSPS) is 16.6. The van der Waals surface area contributed by atoms with Gasteiger partial charge >= 0.3 is 6.09 Å². The summed E-state index contributed by atoms with van der Waals surface area (Å²) >= 11 is 0. The first-order valence-corrected chi connectivity index (χ1v) is 13.8. The first kappa shape index (κ1) is 28.1. The highest BCUT2D eigenvalue weighted by Crippen LogP contribution is 2.52. The third-order valence-corrected chi connectivity index (χ3v) is 8.00. The zero-order valence-electron chi connectivity index (χ0n) is 23.0. The third kappa shape index (κ3) is 5.47. The van der Waals surface area contributed by atoms with Crippen LogP contribution in [0.2, 0.25) is 0 Å². The summed E-state index contributed by atoms with van der Waals surface area (Å²) in [5, 5.41) is 0. The van der Waals surface area contributed by atoms with E-state index >= 15 is 0 Å². The molecule has 0 aromatic heterocycles. The number of hydrogen-bond acceptors (Lipinski definition) is 8. The van der Waals surface area contributed by atoms with Crippen molar-refractivity contribution in [3.63, 3.8) is 0 Å². The molecule has 1 amide bonds. The molecule has 0 radical (unpaired) electrons. The number of anilines is 1. The van der Waals surface area contributed by atoms with E-state index < -0.39 is 27.8 Å². The zero-order valence-corrected chi connectivity index (χ0v) is 23.9. The maximum absolute atomic E-state index is 13.8. The van der Waals surface area contributed by atoms with Crippen molar-refractivity contribution in [2.75, 3.05) is 25.6 Å². The molecule has 0 aliphatic carbocycles. The van der Waals surface area contributed by atoms with Crippen LogP contribution in [0.3, 0.4) is 0 Å². The Morgan fingerprint density at radius 3 is 2.10 bits per heavy atom. The molecule has 208 valence electrons. The lowest BCUT2D eigenvalue weighted by Gasteiger charge is -2.27. The average molecular weight is 556 g/mol. The van der Waals surface area contributed by atoms with Crippen LogP contribution >= 0.6 is 0 Å². The highest BCUT2D eigenvalue weighted by atomic mass is 32.2. The summed E-state index contributed by atoms with van der Waals surface area (Å²) in [6.45, 7) is 6.97. The highest BCUT2D eigenvalue weighted by molar-refractivity contribution is 7.93. The van der Waals surface area contributed by atoms with Gasteiger partial charge in [-0.25, -0.2) is 13.2 Å². The van der Waals surface area contributed by atoms with Gasteiger partial charge in [0.2, 0.25) is 0 Å². The lowest BCUT2D eigenvalue weighted by Crippen LogP contribution is -2.41. The van der Waals surface area contributed by atoms with Crippen LogP contribution in [-0.2, 0) is 14.8 Å². The number of amides is 1. The summed E-state index contributed by atoms with van der Waals surface area (Å²) in [4.78, 5) is 13.4. The second kappa shape index (κ2) is 10.7. The molecule has 1 aliphatic rings. The van der Waals surface area contributed by atoms with E-state index in [4.69, 9.17) is 23.7 Å². The van der Waals surface area contributed by atoms with Crippen molar-refractivity contribution in [1.29, 1.82) is 0 Å². The van der Waals surface area contributed by atoms with Crippen molar-refractivity contribution < 1.29 is 36.9 Å². The number of nitrogens with zero attached hydrogens (tertiary/aromatic N) is 1. The Kier molecular flexibility index (Phi) is 7.70. The first-order chi connectivity index (χ1) is 18.4. The lowest BCUT2D eigenvalue weighted by molar-refractivity contribution is 0.0609. The number of carbonyl (C=O) groups excluding carboxylic acids is 1. The Labute approximate surface area is 229 Å². The smallest absolute Gasteiger partial charge is 0.429 e. The second-order valence-electron chi connectivity index (χ2n) is 10.1. The highest BCUT2D eigenvalue weighted by Gasteiger charge is 2.40. The summed E-state index contributed by atoms with van der Waals surface area (Å²) in [6, 6.07) is 16.4. The minimum absolute atomic E-state index is 0.0529. The molecule has 1 aliphatic heterocycles. The largest absolute Gasteiger partial charge is 0.493 e. The van der Waals surface area contributed by atoms with E-state index in [9.17, 15) is 13.2 Å². The number of rotatable bonds is 7. The molecule has 9 nitrogen and oxygen atoms in total. The van der Waals surface area contributed by atoms with Crippen LogP contribution in [0.25, 0.3) is 0 Å². The van der Waals surface area contributed by atoms with Gasteiger partial charge < -0.3 is 23.7 Å². The molecule has 0 saturated heterocycles. The molecular formula is C29H33NO8S. The molecule has 3 aromatic carbocycles. The minimum Gasteiger partial charge on any atom is -0.493 e. The molecule has 0 N–H and O–H groups in total. The minimum atomic E-state index is -4.34. The van der Waals surface area contributed by atoms with Gasteiger partial charge in [0.1, 0.15) is 11.7 Å². The molecule has 0 saturated carbocycles. The fourth-order valence-electron chi connectivity index (χ4n) is 4.46. The second-order valence-corrected chi connectivity index (χ2v) is 11.9.